The van der Waals surface area contributed by atoms with Crippen LogP contribution in [-0.4, -0.2) is 48.5 Å². The summed E-state index contributed by atoms with van der Waals surface area (Å²) >= 11 is 11.9. The maximum absolute atomic E-state index is 12.4. The van der Waals surface area contributed by atoms with E-state index in [9.17, 15) is 14.9 Å². The van der Waals surface area contributed by atoms with Crippen molar-refractivity contribution in [2.75, 3.05) is 37.7 Å². The summed E-state index contributed by atoms with van der Waals surface area (Å²) in [6.07, 6.45) is 0.943. The average Bonchev–Trinajstić information content (AvgIpc) is 2.72. The highest BCUT2D eigenvalue weighted by molar-refractivity contribution is 6.35. The smallest absolute Gasteiger partial charge is 0.292 e. The summed E-state index contributed by atoms with van der Waals surface area (Å²) in [6, 6.07) is 11.7. The number of carbonyl (C=O) groups excluding carboxylic acids is 1. The van der Waals surface area contributed by atoms with Gasteiger partial charge in [0.05, 0.1) is 16.6 Å². The third kappa shape index (κ3) is 5.52. The number of carbonyl (C=O) groups is 1. The van der Waals surface area contributed by atoms with Crippen molar-refractivity contribution in [2.45, 2.75) is 12.8 Å². The summed E-state index contributed by atoms with van der Waals surface area (Å²) in [5.41, 5.74) is 0.683. The molecule has 29 heavy (non-hydrogen) atoms. The summed E-state index contributed by atoms with van der Waals surface area (Å²) < 4.78 is 5.61. The number of nitro groups is 1. The van der Waals surface area contributed by atoms with Crippen molar-refractivity contribution in [3.8, 4) is 5.75 Å². The lowest BCUT2D eigenvalue weighted by Gasteiger charge is -2.35. The molecule has 0 spiro atoms. The fourth-order valence-electron chi connectivity index (χ4n) is 3.24. The molecule has 154 valence electrons. The quantitative estimate of drug-likeness (QED) is 0.364. The molecule has 1 fully saturated rings. The number of hydrogen-bond donors (Lipinski definition) is 0. The van der Waals surface area contributed by atoms with Gasteiger partial charge in [-0.15, -0.1) is 0 Å². The van der Waals surface area contributed by atoms with Gasteiger partial charge in [0, 0.05) is 43.7 Å². The van der Waals surface area contributed by atoms with Gasteiger partial charge in [0.25, 0.3) is 5.69 Å². The topological polar surface area (TPSA) is 75.9 Å². The Bertz CT molecular complexity index is 886. The number of ether oxygens (including phenoxy) is 1. The van der Waals surface area contributed by atoms with Crippen LogP contribution < -0.4 is 9.64 Å². The number of benzene rings is 2. The van der Waals surface area contributed by atoms with E-state index in [0.29, 0.717) is 67.1 Å². The van der Waals surface area contributed by atoms with E-state index in [1.807, 2.05) is 4.90 Å². The predicted octanol–water partition coefficient (Wildman–Crippen LogP) is 4.41. The lowest BCUT2D eigenvalue weighted by molar-refractivity contribution is -0.384. The standard InChI is InChI=1S/C20H21Cl2N3O4/c21-15-7-8-19(16(22)14-15)29-13-3-6-20(26)24-11-9-23(10-12-24)17-4-1-2-5-18(17)25(27)28/h1-2,4-5,7-8,14H,3,6,9-13H2. The number of halogens is 2. The largest absolute Gasteiger partial charge is 0.492 e. The van der Waals surface area contributed by atoms with Crippen LogP contribution in [0.3, 0.4) is 0 Å². The number of nitrogens with zero attached hydrogens (tertiary/aromatic N) is 3. The molecule has 0 unspecified atom stereocenters. The number of piperazine rings is 1. The van der Waals surface area contributed by atoms with Gasteiger partial charge in [0.15, 0.2) is 0 Å². The fraction of sp³-hybridized carbons (Fsp3) is 0.350. The molecule has 0 aliphatic carbocycles. The van der Waals surface area contributed by atoms with Gasteiger partial charge in [0.2, 0.25) is 5.91 Å². The van der Waals surface area contributed by atoms with Crippen LogP contribution in [0.1, 0.15) is 12.8 Å². The van der Waals surface area contributed by atoms with Gasteiger partial charge in [0.1, 0.15) is 11.4 Å². The van der Waals surface area contributed by atoms with Crippen LogP contribution in [0, 0.1) is 10.1 Å². The normalized spacial score (nSPS) is 14.0. The van der Waals surface area contributed by atoms with Crippen LogP contribution in [-0.2, 0) is 4.79 Å². The Morgan fingerprint density at radius 1 is 1.10 bits per heavy atom. The third-order valence-corrected chi connectivity index (χ3v) is 5.27. The molecule has 0 atom stereocenters. The first kappa shape index (κ1) is 21.2. The second-order valence-corrected chi connectivity index (χ2v) is 7.48. The van der Waals surface area contributed by atoms with Crippen molar-refractivity contribution >= 4 is 40.5 Å². The van der Waals surface area contributed by atoms with Crippen LogP contribution in [0.5, 0.6) is 5.75 Å². The third-order valence-electron chi connectivity index (χ3n) is 4.74. The molecule has 1 saturated heterocycles. The number of para-hydroxylation sites is 2. The van der Waals surface area contributed by atoms with Crippen molar-refractivity contribution in [1.82, 2.24) is 4.90 Å². The minimum atomic E-state index is -0.375. The van der Waals surface area contributed by atoms with E-state index in [-0.39, 0.29) is 16.5 Å². The summed E-state index contributed by atoms with van der Waals surface area (Å²) in [6.45, 7) is 2.58. The van der Waals surface area contributed by atoms with Crippen LogP contribution in [0.4, 0.5) is 11.4 Å². The highest BCUT2D eigenvalue weighted by atomic mass is 35.5. The van der Waals surface area contributed by atoms with Gasteiger partial charge in [-0.3, -0.25) is 14.9 Å². The van der Waals surface area contributed by atoms with Gasteiger partial charge in [-0.05, 0) is 30.7 Å². The minimum absolute atomic E-state index is 0.0537. The predicted molar refractivity (Wildman–Crippen MR) is 113 cm³/mol. The van der Waals surface area contributed by atoms with Crippen molar-refractivity contribution in [3.63, 3.8) is 0 Å². The van der Waals surface area contributed by atoms with E-state index < -0.39 is 0 Å². The summed E-state index contributed by atoms with van der Waals surface area (Å²) in [5.74, 6) is 0.597. The highest BCUT2D eigenvalue weighted by Crippen LogP contribution is 2.29. The molecule has 1 aliphatic heterocycles. The first-order valence-corrected chi connectivity index (χ1v) is 10.1. The highest BCUT2D eigenvalue weighted by Gasteiger charge is 2.25. The molecule has 9 heteroatoms. The summed E-state index contributed by atoms with van der Waals surface area (Å²) in [5, 5.41) is 12.2. The first-order chi connectivity index (χ1) is 14.0. The zero-order valence-electron chi connectivity index (χ0n) is 15.7. The summed E-state index contributed by atoms with van der Waals surface area (Å²) in [7, 11) is 0. The maximum Gasteiger partial charge on any atom is 0.292 e. The molecule has 1 amide bonds. The van der Waals surface area contributed by atoms with Crippen LogP contribution in [0.15, 0.2) is 42.5 Å². The Labute approximate surface area is 178 Å². The minimum Gasteiger partial charge on any atom is -0.492 e. The van der Waals surface area contributed by atoms with Gasteiger partial charge in [-0.25, -0.2) is 0 Å². The lowest BCUT2D eigenvalue weighted by Crippen LogP contribution is -2.49. The summed E-state index contributed by atoms with van der Waals surface area (Å²) in [4.78, 5) is 27.0. The van der Waals surface area contributed by atoms with Crippen molar-refractivity contribution in [1.29, 1.82) is 0 Å². The second kappa shape index (κ2) is 9.80. The number of nitro benzene ring substituents is 1. The van der Waals surface area contributed by atoms with Crippen LogP contribution in [0.2, 0.25) is 10.0 Å². The van der Waals surface area contributed by atoms with E-state index >= 15 is 0 Å². The monoisotopic (exact) mass is 437 g/mol. The van der Waals surface area contributed by atoms with Gasteiger partial charge in [-0.2, -0.15) is 0 Å². The van der Waals surface area contributed by atoms with E-state index in [2.05, 4.69) is 0 Å². The first-order valence-electron chi connectivity index (χ1n) is 9.29. The number of hydrogen-bond acceptors (Lipinski definition) is 5. The van der Waals surface area contributed by atoms with Crippen molar-refractivity contribution in [3.05, 3.63) is 62.6 Å². The number of amides is 1. The second-order valence-electron chi connectivity index (χ2n) is 6.64. The molecular weight excluding hydrogens is 417 g/mol. The van der Waals surface area contributed by atoms with E-state index in [4.69, 9.17) is 27.9 Å². The Kier molecular flexibility index (Phi) is 7.17. The maximum atomic E-state index is 12.4. The molecule has 7 nitrogen and oxygen atoms in total. The van der Waals surface area contributed by atoms with Crippen molar-refractivity contribution in [2.24, 2.45) is 0 Å². The van der Waals surface area contributed by atoms with Gasteiger partial charge < -0.3 is 14.5 Å². The molecular formula is C20H21Cl2N3O4. The number of rotatable bonds is 7. The molecule has 2 aromatic rings. The molecule has 0 aromatic heterocycles. The molecule has 0 N–H and O–H groups in total. The SMILES string of the molecule is O=C(CCCOc1ccc(Cl)cc1Cl)N1CCN(c2ccccc2[N+](=O)[O-])CC1. The Morgan fingerprint density at radius 2 is 1.83 bits per heavy atom. The zero-order valence-corrected chi connectivity index (χ0v) is 17.2. The van der Waals surface area contributed by atoms with Crippen LogP contribution >= 0.6 is 23.2 Å². The van der Waals surface area contributed by atoms with E-state index in [1.165, 1.54) is 6.07 Å². The van der Waals surface area contributed by atoms with E-state index in [1.54, 1.807) is 41.3 Å². The number of anilines is 1. The molecule has 0 saturated carbocycles. The Morgan fingerprint density at radius 3 is 2.52 bits per heavy atom. The van der Waals surface area contributed by atoms with Gasteiger partial charge >= 0.3 is 0 Å². The molecule has 2 aromatic carbocycles. The Hall–Kier alpha value is -2.51. The molecule has 1 aliphatic rings. The van der Waals surface area contributed by atoms with Crippen LogP contribution in [0.25, 0.3) is 0 Å². The van der Waals surface area contributed by atoms with Crippen molar-refractivity contribution < 1.29 is 14.5 Å². The Balaban J connectivity index is 1.44. The molecule has 1 heterocycles. The average molecular weight is 438 g/mol. The molecule has 0 bridgehead atoms. The fourth-order valence-corrected chi connectivity index (χ4v) is 3.70. The van der Waals surface area contributed by atoms with E-state index in [0.717, 1.165) is 0 Å². The zero-order chi connectivity index (χ0) is 20.8. The molecule has 0 radical (unpaired) electrons. The molecule has 3 rings (SSSR count). The van der Waals surface area contributed by atoms with Gasteiger partial charge in [-0.1, -0.05) is 35.3 Å². The lowest BCUT2D eigenvalue weighted by atomic mass is 10.2.